The highest BCUT2D eigenvalue weighted by Gasteiger charge is 2.16. The number of aromatic nitrogens is 2. The van der Waals surface area contributed by atoms with Crippen molar-refractivity contribution in [2.24, 2.45) is 0 Å². The number of ether oxygens (including phenoxy) is 1. The lowest BCUT2D eigenvalue weighted by molar-refractivity contribution is 0.122. The monoisotopic (exact) mass is 391 g/mol. The van der Waals surface area contributed by atoms with E-state index in [1.165, 1.54) is 0 Å². The molecule has 1 aliphatic rings. The fourth-order valence-corrected chi connectivity index (χ4v) is 3.59. The van der Waals surface area contributed by atoms with Gasteiger partial charge in [-0.05, 0) is 36.4 Å². The number of rotatable bonds is 3. The molecule has 0 N–H and O–H groups in total. The van der Waals surface area contributed by atoms with Gasteiger partial charge >= 0.3 is 0 Å². The maximum absolute atomic E-state index is 6.04. The minimum Gasteiger partial charge on any atom is -0.437 e. The molecule has 3 heterocycles. The molecule has 0 saturated carbocycles. The molecule has 28 heavy (non-hydrogen) atoms. The lowest BCUT2D eigenvalue weighted by atomic mass is 10.1. The van der Waals surface area contributed by atoms with Crippen LogP contribution in [0.15, 0.2) is 52.9 Å². The molecule has 6 heteroatoms. The van der Waals surface area contributed by atoms with Gasteiger partial charge in [0.15, 0.2) is 5.58 Å². The van der Waals surface area contributed by atoms with Gasteiger partial charge in [-0.25, -0.2) is 9.97 Å². The summed E-state index contributed by atoms with van der Waals surface area (Å²) < 4.78 is 11.3. The zero-order valence-electron chi connectivity index (χ0n) is 15.1. The Morgan fingerprint density at radius 1 is 0.929 bits per heavy atom. The maximum Gasteiger partial charge on any atom is 0.220 e. The van der Waals surface area contributed by atoms with Gasteiger partial charge in [0.2, 0.25) is 5.89 Å². The molecule has 0 unspecified atom stereocenters. The van der Waals surface area contributed by atoms with Crippen molar-refractivity contribution in [3.05, 3.63) is 65.0 Å². The Labute approximate surface area is 167 Å². The number of benzene rings is 2. The largest absolute Gasteiger partial charge is 0.437 e. The predicted molar refractivity (Wildman–Crippen MR) is 113 cm³/mol. The summed E-state index contributed by atoms with van der Waals surface area (Å²) in [7, 11) is 0. The Hall–Kier alpha value is -2.89. The molecule has 5 nitrogen and oxygen atoms in total. The Balaban J connectivity index is 1.56. The van der Waals surface area contributed by atoms with Gasteiger partial charge < -0.3 is 14.1 Å². The normalized spacial score (nSPS) is 15.1. The molecule has 1 fully saturated rings. The highest BCUT2D eigenvalue weighted by Crippen LogP contribution is 2.27. The Kier molecular flexibility index (Phi) is 4.47. The third-order valence-electron chi connectivity index (χ3n) is 4.81. The van der Waals surface area contributed by atoms with Crippen LogP contribution in [0.2, 0.25) is 5.02 Å². The van der Waals surface area contributed by atoms with E-state index in [0.29, 0.717) is 29.7 Å². The summed E-state index contributed by atoms with van der Waals surface area (Å²) in [6, 6.07) is 15.7. The molecular weight excluding hydrogens is 374 g/mol. The predicted octanol–water partition coefficient (Wildman–Crippen LogP) is 5.04. The smallest absolute Gasteiger partial charge is 0.220 e. The van der Waals surface area contributed by atoms with Gasteiger partial charge in [0.05, 0.1) is 18.7 Å². The number of anilines is 1. The van der Waals surface area contributed by atoms with Crippen molar-refractivity contribution in [2.75, 3.05) is 31.2 Å². The van der Waals surface area contributed by atoms with E-state index in [1.54, 1.807) is 12.1 Å². The summed E-state index contributed by atoms with van der Waals surface area (Å²) >= 11 is 6.04. The minimum atomic E-state index is 0.540. The molecule has 0 spiro atoms. The molecule has 0 atom stereocenters. The summed E-state index contributed by atoms with van der Waals surface area (Å²) in [4.78, 5) is 11.7. The highest BCUT2D eigenvalue weighted by atomic mass is 35.5. The first-order valence-electron chi connectivity index (χ1n) is 9.23. The summed E-state index contributed by atoms with van der Waals surface area (Å²) in [6.45, 7) is 3.08. The highest BCUT2D eigenvalue weighted by molar-refractivity contribution is 6.31. The first-order chi connectivity index (χ1) is 13.8. The Morgan fingerprint density at radius 3 is 2.68 bits per heavy atom. The summed E-state index contributed by atoms with van der Waals surface area (Å²) in [5, 5.41) is 1.74. The first-order valence-corrected chi connectivity index (χ1v) is 9.61. The van der Waals surface area contributed by atoms with E-state index in [2.05, 4.69) is 22.0 Å². The zero-order chi connectivity index (χ0) is 18.9. The van der Waals surface area contributed by atoms with E-state index in [4.69, 9.17) is 25.7 Å². The van der Waals surface area contributed by atoms with Gasteiger partial charge in [0.1, 0.15) is 11.3 Å². The number of fused-ring (bicyclic) bond motifs is 2. The summed E-state index contributed by atoms with van der Waals surface area (Å²) in [5.74, 6) is 1.50. The standard InChI is InChI=1S/C22H18ClN3O2/c23-17-6-7-20-19(14-17)24-21(28-20)8-5-16-13-15-3-1-2-4-18(15)25-22(16)26-9-11-27-12-10-26/h1-8,13-14H,9-12H2. The topological polar surface area (TPSA) is 51.4 Å². The molecule has 0 radical (unpaired) electrons. The Bertz CT molecular complexity index is 1180. The van der Waals surface area contributed by atoms with E-state index in [0.717, 1.165) is 40.9 Å². The van der Waals surface area contributed by atoms with Crippen LogP contribution < -0.4 is 4.90 Å². The third kappa shape index (κ3) is 3.35. The van der Waals surface area contributed by atoms with Gasteiger partial charge in [-0.1, -0.05) is 29.8 Å². The van der Waals surface area contributed by atoms with Crippen LogP contribution in [0.3, 0.4) is 0 Å². The fourth-order valence-electron chi connectivity index (χ4n) is 3.42. The maximum atomic E-state index is 6.04. The van der Waals surface area contributed by atoms with Gasteiger partial charge in [0.25, 0.3) is 0 Å². The number of hydrogen-bond acceptors (Lipinski definition) is 5. The molecule has 5 rings (SSSR count). The van der Waals surface area contributed by atoms with Crippen LogP contribution in [0.1, 0.15) is 11.5 Å². The summed E-state index contributed by atoms with van der Waals surface area (Å²) in [6.07, 6.45) is 3.89. The minimum absolute atomic E-state index is 0.540. The van der Waals surface area contributed by atoms with Crippen molar-refractivity contribution in [3.63, 3.8) is 0 Å². The average molecular weight is 392 g/mol. The number of para-hydroxylation sites is 1. The van der Waals surface area contributed by atoms with E-state index in [9.17, 15) is 0 Å². The molecule has 4 aromatic rings. The van der Waals surface area contributed by atoms with Gasteiger partial charge in [0, 0.05) is 35.1 Å². The number of oxazole rings is 1. The van der Waals surface area contributed by atoms with Crippen LogP contribution in [0.4, 0.5) is 5.82 Å². The molecule has 0 bridgehead atoms. The van der Waals surface area contributed by atoms with Gasteiger partial charge in [-0.3, -0.25) is 0 Å². The number of halogens is 1. The molecule has 140 valence electrons. The molecule has 2 aromatic carbocycles. The molecule has 0 amide bonds. The van der Waals surface area contributed by atoms with E-state index in [1.807, 2.05) is 36.4 Å². The van der Waals surface area contributed by atoms with Crippen molar-refractivity contribution in [1.29, 1.82) is 0 Å². The van der Waals surface area contributed by atoms with Crippen molar-refractivity contribution in [2.45, 2.75) is 0 Å². The van der Waals surface area contributed by atoms with Gasteiger partial charge in [-0.15, -0.1) is 0 Å². The molecule has 1 saturated heterocycles. The second-order valence-electron chi connectivity index (χ2n) is 6.69. The lowest BCUT2D eigenvalue weighted by Crippen LogP contribution is -2.37. The van der Waals surface area contributed by atoms with Crippen LogP contribution >= 0.6 is 11.6 Å². The number of pyridine rings is 1. The lowest BCUT2D eigenvalue weighted by Gasteiger charge is -2.29. The molecule has 0 aliphatic carbocycles. The van der Waals surface area contributed by atoms with Crippen molar-refractivity contribution in [1.82, 2.24) is 9.97 Å². The Morgan fingerprint density at radius 2 is 1.79 bits per heavy atom. The second kappa shape index (κ2) is 7.26. The van der Waals surface area contributed by atoms with Crippen LogP contribution in [0.25, 0.3) is 34.2 Å². The van der Waals surface area contributed by atoms with E-state index < -0.39 is 0 Å². The quantitative estimate of drug-likeness (QED) is 0.490. The van der Waals surface area contributed by atoms with Crippen LogP contribution in [-0.2, 0) is 4.74 Å². The fraction of sp³-hybridized carbons (Fsp3) is 0.182. The SMILES string of the molecule is Clc1ccc2oc(C=Cc3cc4ccccc4nc3N3CCOCC3)nc2c1. The second-order valence-corrected chi connectivity index (χ2v) is 7.13. The number of nitrogens with zero attached hydrogens (tertiary/aromatic N) is 3. The average Bonchev–Trinajstić information content (AvgIpc) is 3.14. The van der Waals surface area contributed by atoms with E-state index >= 15 is 0 Å². The number of morpholine rings is 1. The zero-order valence-corrected chi connectivity index (χ0v) is 15.9. The first kappa shape index (κ1) is 17.2. The summed E-state index contributed by atoms with van der Waals surface area (Å²) in [5.41, 5.74) is 3.48. The van der Waals surface area contributed by atoms with Crippen LogP contribution in [0.5, 0.6) is 0 Å². The third-order valence-corrected chi connectivity index (χ3v) is 5.05. The van der Waals surface area contributed by atoms with E-state index in [-0.39, 0.29) is 0 Å². The molecule has 1 aliphatic heterocycles. The number of hydrogen-bond donors (Lipinski definition) is 0. The van der Waals surface area contributed by atoms with Crippen LogP contribution in [-0.4, -0.2) is 36.3 Å². The van der Waals surface area contributed by atoms with Crippen molar-refractivity contribution >= 4 is 51.6 Å². The van der Waals surface area contributed by atoms with Crippen LogP contribution in [0, 0.1) is 0 Å². The molecular formula is C22H18ClN3O2. The molecule has 2 aromatic heterocycles. The van der Waals surface area contributed by atoms with Crippen molar-refractivity contribution < 1.29 is 9.15 Å². The van der Waals surface area contributed by atoms with Gasteiger partial charge in [-0.2, -0.15) is 0 Å². The van der Waals surface area contributed by atoms with Crippen molar-refractivity contribution in [3.8, 4) is 0 Å².